The van der Waals surface area contributed by atoms with E-state index in [0.717, 1.165) is 29.3 Å². The summed E-state index contributed by atoms with van der Waals surface area (Å²) in [4.78, 5) is 36.0. The number of hydrogen-bond donors (Lipinski definition) is 2. The SMILES string of the molecule is Cn1nc(N2CCC(=O)NC2=O)c2ccc(C3CCN(Cc4ccc(-c5cccc(S(=O)(=O)N6CCC(Nc7ncc(Cl)cn7)CC6)c5)c(F)c4F)CC3)cc21. The van der Waals surface area contributed by atoms with E-state index in [4.69, 9.17) is 11.6 Å². The number of carbonyl (C=O) groups is 2. The third kappa shape index (κ3) is 7.57. The minimum atomic E-state index is -3.89. The highest BCUT2D eigenvalue weighted by Gasteiger charge is 2.31. The van der Waals surface area contributed by atoms with Crippen molar-refractivity contribution in [2.45, 2.75) is 55.5 Å². The number of halogens is 3. The summed E-state index contributed by atoms with van der Waals surface area (Å²) in [6, 6.07) is 14.7. The van der Waals surface area contributed by atoms with Crippen molar-refractivity contribution in [1.29, 1.82) is 0 Å². The van der Waals surface area contributed by atoms with Crippen molar-refractivity contribution in [3.05, 3.63) is 94.8 Å². The van der Waals surface area contributed by atoms with E-state index in [1.165, 1.54) is 39.8 Å². The molecule has 292 valence electrons. The van der Waals surface area contributed by atoms with Crippen molar-refractivity contribution in [2.75, 3.05) is 42.9 Å². The topological polar surface area (TPSA) is 146 Å². The van der Waals surface area contributed by atoms with Crippen molar-refractivity contribution in [3.63, 3.8) is 0 Å². The molecule has 3 fully saturated rings. The molecule has 56 heavy (non-hydrogen) atoms. The van der Waals surface area contributed by atoms with Crippen LogP contribution in [0.2, 0.25) is 5.02 Å². The molecule has 3 saturated heterocycles. The third-order valence-electron chi connectivity index (χ3n) is 11.0. The molecule has 0 spiro atoms. The summed E-state index contributed by atoms with van der Waals surface area (Å²) in [6.07, 6.45) is 5.92. The Hall–Kier alpha value is -5.03. The van der Waals surface area contributed by atoms with E-state index in [-0.39, 0.29) is 72.1 Å². The van der Waals surface area contributed by atoms with Crippen LogP contribution in [0.4, 0.5) is 25.3 Å². The first kappa shape index (κ1) is 37.9. The second kappa shape index (κ2) is 15.5. The number of urea groups is 1. The van der Waals surface area contributed by atoms with Crippen LogP contribution in [0.25, 0.3) is 22.0 Å². The molecule has 5 aromatic rings. The number of anilines is 2. The number of fused-ring (bicyclic) bond motifs is 1. The lowest BCUT2D eigenvalue weighted by Gasteiger charge is -2.32. The lowest BCUT2D eigenvalue weighted by molar-refractivity contribution is -0.120. The number of carbonyl (C=O) groups excluding carboxylic acids is 2. The number of sulfonamides is 1. The quantitative estimate of drug-likeness (QED) is 0.182. The van der Waals surface area contributed by atoms with Gasteiger partial charge in [0.05, 0.1) is 27.8 Å². The van der Waals surface area contributed by atoms with E-state index < -0.39 is 27.7 Å². The van der Waals surface area contributed by atoms with Crippen LogP contribution in [0.15, 0.2) is 71.9 Å². The molecule has 3 aliphatic rings. The Balaban J connectivity index is 0.893. The van der Waals surface area contributed by atoms with Crippen molar-refractivity contribution >= 4 is 56.2 Å². The molecular formula is C39H40ClF2N9O4S. The Morgan fingerprint density at radius 2 is 1.66 bits per heavy atom. The number of hydrogen-bond acceptors (Lipinski definition) is 9. The van der Waals surface area contributed by atoms with Gasteiger partial charge in [-0.05, 0) is 80.1 Å². The maximum absolute atomic E-state index is 15.7. The van der Waals surface area contributed by atoms with Gasteiger partial charge in [0.2, 0.25) is 21.9 Å². The average molecular weight is 804 g/mol. The Morgan fingerprint density at radius 3 is 2.39 bits per heavy atom. The number of aromatic nitrogens is 4. The van der Waals surface area contributed by atoms with Gasteiger partial charge in [0, 0.05) is 62.2 Å². The molecule has 5 heterocycles. The molecular weight excluding hydrogens is 764 g/mol. The van der Waals surface area contributed by atoms with Gasteiger partial charge >= 0.3 is 6.03 Å². The van der Waals surface area contributed by atoms with Crippen LogP contribution in [-0.4, -0.2) is 88.1 Å². The van der Waals surface area contributed by atoms with Gasteiger partial charge in [0.15, 0.2) is 17.5 Å². The number of imide groups is 1. The van der Waals surface area contributed by atoms with Gasteiger partial charge in [0.25, 0.3) is 0 Å². The fourth-order valence-electron chi connectivity index (χ4n) is 7.86. The molecule has 2 N–H and O–H groups in total. The fraction of sp³-hybridized carbons (Fsp3) is 0.359. The molecule has 3 aromatic carbocycles. The lowest BCUT2D eigenvalue weighted by atomic mass is 9.88. The number of rotatable bonds is 9. The van der Waals surface area contributed by atoms with E-state index in [0.29, 0.717) is 42.7 Å². The second-order valence-electron chi connectivity index (χ2n) is 14.5. The van der Waals surface area contributed by atoms with Crippen LogP contribution < -0.4 is 15.5 Å². The van der Waals surface area contributed by atoms with E-state index in [1.54, 1.807) is 22.9 Å². The highest BCUT2D eigenvalue weighted by molar-refractivity contribution is 7.89. The number of amides is 3. The number of nitrogens with one attached hydrogen (secondary N) is 2. The van der Waals surface area contributed by atoms with Crippen LogP contribution in [0.5, 0.6) is 0 Å². The molecule has 8 rings (SSSR count). The summed E-state index contributed by atoms with van der Waals surface area (Å²) in [5.41, 5.74) is 2.53. The molecule has 13 nitrogen and oxygen atoms in total. The predicted molar refractivity (Wildman–Crippen MR) is 208 cm³/mol. The normalized spacial score (nSPS) is 18.1. The average Bonchev–Trinajstić information content (AvgIpc) is 3.53. The summed E-state index contributed by atoms with van der Waals surface area (Å²) in [7, 11) is -2.06. The number of benzene rings is 3. The largest absolute Gasteiger partial charge is 0.351 e. The number of aryl methyl sites for hydroxylation is 1. The molecule has 0 atom stereocenters. The zero-order valence-corrected chi connectivity index (χ0v) is 32.2. The van der Waals surface area contributed by atoms with Crippen LogP contribution in [0.3, 0.4) is 0 Å². The summed E-state index contributed by atoms with van der Waals surface area (Å²) in [6.45, 7) is 2.43. The van der Waals surface area contributed by atoms with E-state index in [1.807, 2.05) is 19.2 Å². The van der Waals surface area contributed by atoms with Crippen LogP contribution >= 0.6 is 11.6 Å². The molecule has 0 saturated carbocycles. The van der Waals surface area contributed by atoms with Gasteiger partial charge in [-0.1, -0.05) is 41.9 Å². The minimum absolute atomic E-state index is 0.00370. The predicted octanol–water partition coefficient (Wildman–Crippen LogP) is 6.05. The van der Waals surface area contributed by atoms with Crippen molar-refractivity contribution < 1.29 is 26.8 Å². The first-order chi connectivity index (χ1) is 26.9. The van der Waals surface area contributed by atoms with Crippen molar-refractivity contribution in [1.82, 2.24) is 34.3 Å². The third-order valence-corrected chi connectivity index (χ3v) is 13.1. The summed E-state index contributed by atoms with van der Waals surface area (Å²) >= 11 is 5.86. The maximum Gasteiger partial charge on any atom is 0.329 e. The van der Waals surface area contributed by atoms with E-state index in [9.17, 15) is 18.0 Å². The Morgan fingerprint density at radius 1 is 0.911 bits per heavy atom. The number of piperidine rings is 2. The standard InChI is InChI=1S/C39H40ClF2N9O4S/c1-48-33-20-25(5-8-32(33)37(47-48)51-18-13-34(52)46-39(51)53)24-9-14-49(15-10-24)23-27-6-7-31(36(42)35(27)41)26-3-2-4-30(19-26)56(54,55)50-16-11-29(12-17-50)45-38-43-21-28(40)22-44-38/h2-8,19-22,24,29H,9-18,23H2,1H3,(H,43,44,45)(H,46,52,53). The fourth-order valence-corrected chi connectivity index (χ4v) is 9.47. The highest BCUT2D eigenvalue weighted by atomic mass is 35.5. The van der Waals surface area contributed by atoms with Crippen LogP contribution in [-0.2, 0) is 28.4 Å². The van der Waals surface area contributed by atoms with Gasteiger partial charge < -0.3 is 5.32 Å². The van der Waals surface area contributed by atoms with Crippen molar-refractivity contribution in [3.8, 4) is 11.1 Å². The molecule has 3 aliphatic heterocycles. The van der Waals surface area contributed by atoms with E-state index in [2.05, 4.69) is 36.7 Å². The van der Waals surface area contributed by atoms with Gasteiger partial charge in [-0.15, -0.1) is 0 Å². The summed E-state index contributed by atoms with van der Waals surface area (Å²) < 4.78 is 61.8. The number of nitrogens with zero attached hydrogens (tertiary/aromatic N) is 7. The Bertz CT molecular complexity index is 2420. The monoisotopic (exact) mass is 803 g/mol. The molecule has 17 heteroatoms. The van der Waals surface area contributed by atoms with Gasteiger partial charge in [-0.3, -0.25) is 24.6 Å². The lowest BCUT2D eigenvalue weighted by Crippen LogP contribution is -2.49. The molecule has 0 aliphatic carbocycles. The Kier molecular flexibility index (Phi) is 10.5. The summed E-state index contributed by atoms with van der Waals surface area (Å²) in [5.74, 6) is -1.07. The zero-order chi connectivity index (χ0) is 39.1. The maximum atomic E-state index is 15.7. The molecule has 0 unspecified atom stereocenters. The van der Waals surface area contributed by atoms with Crippen LogP contribution in [0, 0.1) is 11.6 Å². The molecule has 0 bridgehead atoms. The van der Waals surface area contributed by atoms with Gasteiger partial charge in [-0.25, -0.2) is 32.0 Å². The highest BCUT2D eigenvalue weighted by Crippen LogP contribution is 2.35. The summed E-state index contributed by atoms with van der Waals surface area (Å²) in [5, 5.41) is 11.4. The molecule has 0 radical (unpaired) electrons. The molecule has 3 amide bonds. The van der Waals surface area contributed by atoms with Gasteiger partial charge in [-0.2, -0.15) is 9.40 Å². The number of likely N-dealkylation sites (tertiary alicyclic amines) is 1. The minimum Gasteiger partial charge on any atom is -0.351 e. The first-order valence-electron chi connectivity index (χ1n) is 18.6. The van der Waals surface area contributed by atoms with Crippen LogP contribution in [0.1, 0.15) is 49.1 Å². The van der Waals surface area contributed by atoms with Crippen molar-refractivity contribution in [2.24, 2.45) is 7.05 Å². The molecule has 2 aromatic heterocycles. The zero-order valence-electron chi connectivity index (χ0n) is 30.6. The smallest absolute Gasteiger partial charge is 0.329 e. The first-order valence-corrected chi connectivity index (χ1v) is 20.4. The van der Waals surface area contributed by atoms with Gasteiger partial charge in [0.1, 0.15) is 0 Å². The second-order valence-corrected chi connectivity index (χ2v) is 16.9. The Labute approximate surface area is 327 Å². The van der Waals surface area contributed by atoms with E-state index >= 15 is 8.78 Å².